The number of aromatic nitrogens is 4. The van der Waals surface area contributed by atoms with Crippen LogP contribution in [0.4, 0.5) is 0 Å². The minimum absolute atomic E-state index is 0.0294. The van der Waals surface area contributed by atoms with E-state index in [1.165, 1.54) is 32.1 Å². The van der Waals surface area contributed by atoms with Crippen LogP contribution in [0.3, 0.4) is 0 Å². The molecule has 1 aliphatic rings. The zero-order chi connectivity index (χ0) is 12.3. The summed E-state index contributed by atoms with van der Waals surface area (Å²) in [5.41, 5.74) is -0.0294. The average molecular weight is 254 g/mol. The van der Waals surface area contributed by atoms with E-state index in [-0.39, 0.29) is 5.54 Å². The van der Waals surface area contributed by atoms with Gasteiger partial charge >= 0.3 is 0 Å². The average Bonchev–Trinajstić information content (AvgIpc) is 2.75. The Morgan fingerprint density at radius 2 is 1.94 bits per heavy atom. The molecule has 0 aliphatic heterocycles. The highest BCUT2D eigenvalue weighted by atomic mass is 32.2. The molecular weight excluding hydrogens is 232 g/mol. The van der Waals surface area contributed by atoms with E-state index in [1.807, 2.05) is 16.4 Å². The molecule has 0 radical (unpaired) electrons. The molecule has 1 fully saturated rings. The lowest BCUT2D eigenvalue weighted by atomic mass is 9.91. The van der Waals surface area contributed by atoms with Crippen molar-refractivity contribution in [1.29, 1.82) is 0 Å². The maximum absolute atomic E-state index is 4.13. The topological polar surface area (TPSA) is 43.6 Å². The number of thioether (sulfide) groups is 1. The Morgan fingerprint density at radius 1 is 1.24 bits per heavy atom. The highest BCUT2D eigenvalue weighted by Gasteiger charge is 2.21. The summed E-state index contributed by atoms with van der Waals surface area (Å²) in [6.45, 7) is 6.40. The number of nitrogens with zero attached hydrogens (tertiary/aromatic N) is 4. The van der Waals surface area contributed by atoms with Gasteiger partial charge in [-0.3, -0.25) is 0 Å². The third-order valence-electron chi connectivity index (χ3n) is 3.25. The van der Waals surface area contributed by atoms with Crippen LogP contribution in [0.1, 0.15) is 52.9 Å². The van der Waals surface area contributed by atoms with Gasteiger partial charge in [-0.2, -0.15) is 0 Å². The van der Waals surface area contributed by atoms with Crippen molar-refractivity contribution in [2.45, 2.75) is 63.6 Å². The molecule has 0 saturated heterocycles. The van der Waals surface area contributed by atoms with Gasteiger partial charge in [0, 0.05) is 5.75 Å². The largest absolute Gasteiger partial charge is 0.215 e. The predicted molar refractivity (Wildman–Crippen MR) is 70.1 cm³/mol. The summed E-state index contributed by atoms with van der Waals surface area (Å²) in [6, 6.07) is 0. The number of hydrogen-bond acceptors (Lipinski definition) is 4. The van der Waals surface area contributed by atoms with E-state index in [1.54, 1.807) is 0 Å². The van der Waals surface area contributed by atoms with Gasteiger partial charge < -0.3 is 0 Å². The normalized spacial score (nSPS) is 18.5. The van der Waals surface area contributed by atoms with Gasteiger partial charge in [0.1, 0.15) is 0 Å². The van der Waals surface area contributed by atoms with Crippen LogP contribution in [-0.2, 0) is 5.54 Å². The summed E-state index contributed by atoms with van der Waals surface area (Å²) < 4.78 is 1.93. The first kappa shape index (κ1) is 12.9. The predicted octanol–water partition coefficient (Wildman–Crippen LogP) is 3.10. The van der Waals surface area contributed by atoms with Crippen molar-refractivity contribution in [1.82, 2.24) is 20.2 Å². The smallest absolute Gasteiger partial charge is 0.209 e. The zero-order valence-electron chi connectivity index (χ0n) is 11.0. The third kappa shape index (κ3) is 3.44. The van der Waals surface area contributed by atoms with Crippen LogP contribution >= 0.6 is 11.8 Å². The maximum atomic E-state index is 4.13. The molecule has 0 spiro atoms. The van der Waals surface area contributed by atoms with Crippen LogP contribution in [0.15, 0.2) is 5.16 Å². The van der Waals surface area contributed by atoms with Crippen LogP contribution < -0.4 is 0 Å². The fourth-order valence-corrected chi connectivity index (χ4v) is 3.48. The lowest BCUT2D eigenvalue weighted by molar-refractivity contribution is 0.320. The lowest BCUT2D eigenvalue weighted by Crippen LogP contribution is -2.24. The Morgan fingerprint density at radius 3 is 2.59 bits per heavy atom. The van der Waals surface area contributed by atoms with Crippen molar-refractivity contribution in [2.75, 3.05) is 5.75 Å². The molecule has 0 aromatic carbocycles. The standard InChI is InChI=1S/C12H22N4S/c1-12(2,3)16-11(13-14-15-16)17-9-10-7-5-4-6-8-10/h10H,4-9H2,1-3H3. The molecule has 4 nitrogen and oxygen atoms in total. The first-order chi connectivity index (χ1) is 8.07. The van der Waals surface area contributed by atoms with E-state index >= 15 is 0 Å². The SMILES string of the molecule is CC(C)(C)n1nnnc1SCC1CCCCC1. The Hall–Kier alpha value is -0.580. The Labute approximate surface area is 108 Å². The second kappa shape index (κ2) is 5.38. The molecule has 1 aliphatic carbocycles. The van der Waals surface area contributed by atoms with Gasteiger partial charge in [-0.25, -0.2) is 4.68 Å². The molecule has 5 heteroatoms. The lowest BCUT2D eigenvalue weighted by Gasteiger charge is -2.22. The summed E-state index contributed by atoms with van der Waals surface area (Å²) in [5.74, 6) is 2.02. The van der Waals surface area contributed by atoms with Crippen LogP contribution in [-0.4, -0.2) is 26.0 Å². The van der Waals surface area contributed by atoms with Crippen molar-refractivity contribution < 1.29 is 0 Å². The summed E-state index contributed by atoms with van der Waals surface area (Å²) >= 11 is 1.81. The van der Waals surface area contributed by atoms with Crippen LogP contribution in [0, 0.1) is 5.92 Å². The van der Waals surface area contributed by atoms with Gasteiger partial charge in [0.2, 0.25) is 5.16 Å². The summed E-state index contributed by atoms with van der Waals surface area (Å²) in [4.78, 5) is 0. The molecule has 1 aromatic heterocycles. The molecule has 0 bridgehead atoms. The molecule has 2 rings (SSSR count). The van der Waals surface area contributed by atoms with Crippen LogP contribution in [0.2, 0.25) is 0 Å². The monoisotopic (exact) mass is 254 g/mol. The van der Waals surface area contributed by atoms with E-state index in [9.17, 15) is 0 Å². The number of tetrazole rings is 1. The van der Waals surface area contributed by atoms with Crippen molar-refractivity contribution in [3.05, 3.63) is 0 Å². The first-order valence-electron chi connectivity index (χ1n) is 6.49. The van der Waals surface area contributed by atoms with Gasteiger partial charge in [0.15, 0.2) is 0 Å². The molecule has 0 N–H and O–H groups in total. The highest BCUT2D eigenvalue weighted by Crippen LogP contribution is 2.30. The van der Waals surface area contributed by atoms with E-state index in [2.05, 4.69) is 36.3 Å². The van der Waals surface area contributed by atoms with Crippen molar-refractivity contribution in [2.24, 2.45) is 5.92 Å². The van der Waals surface area contributed by atoms with Crippen molar-refractivity contribution in [3.8, 4) is 0 Å². The summed E-state index contributed by atoms with van der Waals surface area (Å²) in [5, 5.41) is 13.0. The van der Waals surface area contributed by atoms with E-state index < -0.39 is 0 Å². The molecule has 0 unspecified atom stereocenters. The van der Waals surface area contributed by atoms with E-state index in [0.717, 1.165) is 16.8 Å². The molecule has 1 saturated carbocycles. The third-order valence-corrected chi connectivity index (χ3v) is 4.40. The summed E-state index contributed by atoms with van der Waals surface area (Å²) in [6.07, 6.45) is 6.97. The minimum atomic E-state index is -0.0294. The van der Waals surface area contributed by atoms with Crippen molar-refractivity contribution >= 4 is 11.8 Å². The Kier molecular flexibility index (Phi) is 4.07. The molecule has 0 atom stereocenters. The summed E-state index contributed by atoms with van der Waals surface area (Å²) in [7, 11) is 0. The molecule has 1 heterocycles. The maximum Gasteiger partial charge on any atom is 0.209 e. The molecular formula is C12H22N4S. The van der Waals surface area contributed by atoms with Gasteiger partial charge in [-0.05, 0) is 50.0 Å². The van der Waals surface area contributed by atoms with Gasteiger partial charge in [-0.15, -0.1) is 5.10 Å². The van der Waals surface area contributed by atoms with Crippen LogP contribution in [0.25, 0.3) is 0 Å². The number of rotatable bonds is 3. The molecule has 17 heavy (non-hydrogen) atoms. The van der Waals surface area contributed by atoms with Crippen molar-refractivity contribution in [3.63, 3.8) is 0 Å². The highest BCUT2D eigenvalue weighted by molar-refractivity contribution is 7.99. The fraction of sp³-hybridized carbons (Fsp3) is 0.917. The van der Waals surface area contributed by atoms with Crippen LogP contribution in [0.5, 0.6) is 0 Å². The Balaban J connectivity index is 1.92. The second-order valence-electron chi connectivity index (χ2n) is 5.86. The molecule has 96 valence electrons. The van der Waals surface area contributed by atoms with E-state index in [4.69, 9.17) is 0 Å². The second-order valence-corrected chi connectivity index (χ2v) is 6.85. The first-order valence-corrected chi connectivity index (χ1v) is 7.47. The van der Waals surface area contributed by atoms with Gasteiger partial charge in [0.25, 0.3) is 0 Å². The molecule has 0 amide bonds. The fourth-order valence-electron chi connectivity index (χ4n) is 2.24. The molecule has 1 aromatic rings. The van der Waals surface area contributed by atoms with Gasteiger partial charge in [0.05, 0.1) is 5.54 Å². The Bertz CT molecular complexity index is 350. The minimum Gasteiger partial charge on any atom is -0.215 e. The number of hydrogen-bond donors (Lipinski definition) is 0. The zero-order valence-corrected chi connectivity index (χ0v) is 11.8. The van der Waals surface area contributed by atoms with E-state index in [0.29, 0.717) is 0 Å². The quantitative estimate of drug-likeness (QED) is 0.777. The van der Waals surface area contributed by atoms with Gasteiger partial charge in [-0.1, -0.05) is 31.0 Å².